The third kappa shape index (κ3) is 3.41. The van der Waals surface area contributed by atoms with Gasteiger partial charge in [-0.05, 0) is 35.7 Å². The van der Waals surface area contributed by atoms with Gasteiger partial charge in [0.1, 0.15) is 12.4 Å². The largest absolute Gasteiger partial charge is 0.486 e. The highest BCUT2D eigenvalue weighted by Gasteiger charge is 2.11. The second-order valence-corrected chi connectivity index (χ2v) is 6.50. The molecule has 0 bridgehead atoms. The predicted molar refractivity (Wildman–Crippen MR) is 104 cm³/mol. The Morgan fingerprint density at radius 1 is 1.04 bits per heavy atom. The molecule has 26 heavy (non-hydrogen) atoms. The molecule has 0 atom stereocenters. The summed E-state index contributed by atoms with van der Waals surface area (Å²) in [6, 6.07) is 20.5. The normalized spacial score (nSPS) is 11.2. The van der Waals surface area contributed by atoms with Gasteiger partial charge in [0, 0.05) is 4.88 Å². The third-order valence-electron chi connectivity index (χ3n) is 3.78. The minimum Gasteiger partial charge on any atom is -0.486 e. The molecule has 0 aliphatic rings. The van der Waals surface area contributed by atoms with Gasteiger partial charge in [-0.3, -0.25) is 4.79 Å². The van der Waals surface area contributed by atoms with Crippen molar-refractivity contribution in [2.24, 2.45) is 5.10 Å². The van der Waals surface area contributed by atoms with Crippen molar-refractivity contribution in [3.05, 3.63) is 93.2 Å². The number of fused-ring (bicyclic) bond motifs is 1. The Balaban J connectivity index is 1.76. The monoisotopic (exact) mass is 361 g/mol. The van der Waals surface area contributed by atoms with E-state index in [0.29, 0.717) is 22.5 Å². The van der Waals surface area contributed by atoms with E-state index in [1.165, 1.54) is 4.68 Å². The molecule has 6 heteroatoms. The molecule has 0 fully saturated rings. The van der Waals surface area contributed by atoms with Gasteiger partial charge in [0.25, 0.3) is 5.56 Å². The van der Waals surface area contributed by atoms with Crippen molar-refractivity contribution < 1.29 is 4.74 Å². The van der Waals surface area contributed by atoms with Gasteiger partial charge in [-0.1, -0.05) is 36.4 Å². The number of para-hydroxylation sites is 2. The molecule has 4 aromatic rings. The highest BCUT2D eigenvalue weighted by molar-refractivity contribution is 7.11. The molecule has 5 nitrogen and oxygen atoms in total. The fourth-order valence-electron chi connectivity index (χ4n) is 2.53. The molecule has 0 radical (unpaired) electrons. The molecule has 0 aliphatic heterocycles. The van der Waals surface area contributed by atoms with E-state index < -0.39 is 0 Å². The average Bonchev–Trinajstić information content (AvgIpc) is 3.20. The van der Waals surface area contributed by atoms with Crippen molar-refractivity contribution in [1.29, 1.82) is 0 Å². The van der Waals surface area contributed by atoms with Gasteiger partial charge in [-0.2, -0.15) is 9.78 Å². The van der Waals surface area contributed by atoms with Crippen LogP contribution >= 0.6 is 11.3 Å². The van der Waals surface area contributed by atoms with E-state index in [9.17, 15) is 4.79 Å². The lowest BCUT2D eigenvalue weighted by molar-refractivity contribution is 0.289. The molecule has 0 unspecified atom stereocenters. The zero-order valence-corrected chi connectivity index (χ0v) is 14.6. The second-order valence-electron chi connectivity index (χ2n) is 5.52. The minimum atomic E-state index is -0.213. The summed E-state index contributed by atoms with van der Waals surface area (Å²) in [6.45, 7) is 0.145. The Morgan fingerprint density at radius 2 is 1.85 bits per heavy atom. The summed E-state index contributed by atoms with van der Waals surface area (Å²) in [5, 5.41) is 6.85. The number of hydrogen-bond acceptors (Lipinski definition) is 5. The Kier molecular flexibility index (Phi) is 4.57. The van der Waals surface area contributed by atoms with Crippen LogP contribution < -0.4 is 10.3 Å². The van der Waals surface area contributed by atoms with Crippen LogP contribution in [0.3, 0.4) is 0 Å². The number of benzene rings is 2. The van der Waals surface area contributed by atoms with Gasteiger partial charge in [-0.25, -0.2) is 4.98 Å². The van der Waals surface area contributed by atoms with E-state index in [2.05, 4.69) is 10.1 Å². The Labute approximate surface area is 153 Å². The molecule has 0 saturated carbocycles. The molecule has 2 aromatic carbocycles. The Bertz CT molecular complexity index is 1100. The summed E-state index contributed by atoms with van der Waals surface area (Å²) in [5.41, 5.74) is 0.418. The van der Waals surface area contributed by atoms with Crippen molar-refractivity contribution in [2.75, 3.05) is 0 Å². The first-order valence-corrected chi connectivity index (χ1v) is 8.95. The number of rotatable bonds is 5. The molecule has 0 amide bonds. The van der Waals surface area contributed by atoms with Crippen LogP contribution in [0.2, 0.25) is 0 Å². The van der Waals surface area contributed by atoms with Crippen LogP contribution in [0.4, 0.5) is 0 Å². The summed E-state index contributed by atoms with van der Waals surface area (Å²) in [5.74, 6) is 1.16. The third-order valence-corrected chi connectivity index (χ3v) is 4.58. The Morgan fingerprint density at radius 3 is 2.65 bits per heavy atom. The van der Waals surface area contributed by atoms with Crippen molar-refractivity contribution in [1.82, 2.24) is 9.66 Å². The summed E-state index contributed by atoms with van der Waals surface area (Å²) in [4.78, 5) is 18.4. The molecule has 0 spiro atoms. The lowest BCUT2D eigenvalue weighted by atomic mass is 10.2. The van der Waals surface area contributed by atoms with E-state index >= 15 is 0 Å². The summed E-state index contributed by atoms with van der Waals surface area (Å²) in [7, 11) is 0. The lowest BCUT2D eigenvalue weighted by Gasteiger charge is -2.10. The minimum absolute atomic E-state index is 0.145. The standard InChI is InChI=1S/C20H15N3O2S/c24-20-17-10-4-5-11-18(17)22-19(14-25-15-7-2-1-3-8-15)23(20)21-13-16-9-6-12-26-16/h1-13H,14H2/b21-13+. The van der Waals surface area contributed by atoms with Gasteiger partial charge in [0.15, 0.2) is 5.82 Å². The van der Waals surface area contributed by atoms with Gasteiger partial charge < -0.3 is 4.74 Å². The first-order valence-electron chi connectivity index (χ1n) is 8.07. The fourth-order valence-corrected chi connectivity index (χ4v) is 3.11. The maximum Gasteiger partial charge on any atom is 0.282 e. The average molecular weight is 361 g/mol. The van der Waals surface area contributed by atoms with Crippen LogP contribution in [0.5, 0.6) is 5.75 Å². The maximum absolute atomic E-state index is 12.9. The van der Waals surface area contributed by atoms with E-state index in [4.69, 9.17) is 4.74 Å². The van der Waals surface area contributed by atoms with Crippen LogP contribution in [-0.2, 0) is 6.61 Å². The fraction of sp³-hybridized carbons (Fsp3) is 0.0500. The summed E-state index contributed by atoms with van der Waals surface area (Å²) in [6.07, 6.45) is 1.66. The number of aromatic nitrogens is 2. The van der Waals surface area contributed by atoms with Gasteiger partial charge in [0.05, 0.1) is 17.1 Å². The van der Waals surface area contributed by atoms with Gasteiger partial charge in [0.2, 0.25) is 0 Å². The quantitative estimate of drug-likeness (QED) is 0.506. The first-order chi connectivity index (χ1) is 12.8. The van der Waals surface area contributed by atoms with Crippen LogP contribution in [0.1, 0.15) is 10.7 Å². The van der Waals surface area contributed by atoms with Crippen LogP contribution in [0.15, 0.2) is 82.0 Å². The van der Waals surface area contributed by atoms with Crippen molar-refractivity contribution in [3.63, 3.8) is 0 Å². The van der Waals surface area contributed by atoms with E-state index in [-0.39, 0.29) is 12.2 Å². The Hall–Kier alpha value is -3.25. The molecule has 0 aliphatic carbocycles. The number of nitrogens with zero attached hydrogens (tertiary/aromatic N) is 3. The van der Waals surface area contributed by atoms with Gasteiger partial charge in [-0.15, -0.1) is 11.3 Å². The highest BCUT2D eigenvalue weighted by atomic mass is 32.1. The van der Waals surface area contributed by atoms with E-state index in [1.54, 1.807) is 23.6 Å². The number of hydrogen-bond donors (Lipinski definition) is 0. The van der Waals surface area contributed by atoms with Crippen LogP contribution in [0, 0.1) is 0 Å². The topological polar surface area (TPSA) is 56.5 Å². The number of thiophene rings is 1. The smallest absolute Gasteiger partial charge is 0.282 e. The molecular weight excluding hydrogens is 346 g/mol. The molecule has 128 valence electrons. The van der Waals surface area contributed by atoms with Crippen LogP contribution in [-0.4, -0.2) is 15.9 Å². The molecule has 2 aromatic heterocycles. The zero-order chi connectivity index (χ0) is 17.8. The van der Waals surface area contributed by atoms with Gasteiger partial charge >= 0.3 is 0 Å². The van der Waals surface area contributed by atoms with Crippen molar-refractivity contribution >= 4 is 28.5 Å². The number of ether oxygens (including phenoxy) is 1. The van der Waals surface area contributed by atoms with Crippen molar-refractivity contribution in [3.8, 4) is 5.75 Å². The summed E-state index contributed by atoms with van der Waals surface area (Å²) < 4.78 is 7.09. The molecule has 2 heterocycles. The SMILES string of the molecule is O=c1c2ccccc2nc(COc2ccccc2)n1/N=C/c1cccs1. The van der Waals surface area contributed by atoms with Crippen molar-refractivity contribution in [2.45, 2.75) is 6.61 Å². The summed E-state index contributed by atoms with van der Waals surface area (Å²) >= 11 is 1.55. The predicted octanol–water partition coefficient (Wildman–Crippen LogP) is 3.92. The lowest BCUT2D eigenvalue weighted by Crippen LogP contribution is -2.23. The molecule has 0 saturated heterocycles. The molecule has 4 rings (SSSR count). The van der Waals surface area contributed by atoms with E-state index in [1.807, 2.05) is 66.0 Å². The zero-order valence-electron chi connectivity index (χ0n) is 13.8. The maximum atomic E-state index is 12.9. The van der Waals surface area contributed by atoms with Crippen LogP contribution in [0.25, 0.3) is 10.9 Å². The van der Waals surface area contributed by atoms with E-state index in [0.717, 1.165) is 4.88 Å². The first kappa shape index (κ1) is 16.2. The second kappa shape index (κ2) is 7.33. The molecule has 0 N–H and O–H groups in total. The highest BCUT2D eigenvalue weighted by Crippen LogP contribution is 2.13. The molecular formula is C20H15N3O2S.